The average Bonchev–Trinajstić information content (AvgIpc) is 3.39. The Labute approximate surface area is 161 Å². The van der Waals surface area contributed by atoms with E-state index in [2.05, 4.69) is 23.4 Å². The minimum Gasteiger partial charge on any atom is -0.455 e. The summed E-state index contributed by atoms with van der Waals surface area (Å²) in [5, 5.41) is 3.06. The molecule has 1 unspecified atom stereocenters. The average molecular weight is 388 g/mol. The number of rotatable bonds is 5. The molecule has 5 nitrogen and oxygen atoms in total. The van der Waals surface area contributed by atoms with Gasteiger partial charge in [0.15, 0.2) is 10.9 Å². The number of carbonyl (C=O) groups excluding carboxylic acids is 1. The molecule has 136 valence electrons. The van der Waals surface area contributed by atoms with Crippen LogP contribution in [-0.2, 0) is 19.2 Å². The Hall–Kier alpha value is -1.99. The highest BCUT2D eigenvalue weighted by Gasteiger charge is 2.32. The molecule has 1 amide bonds. The first-order valence-corrected chi connectivity index (χ1v) is 10.6. The van der Waals surface area contributed by atoms with Crippen LogP contribution in [0.15, 0.2) is 45.5 Å². The number of thiophene rings is 1. The number of hydrogen-bond donors (Lipinski definition) is 0. The minimum absolute atomic E-state index is 0.0121. The van der Waals surface area contributed by atoms with Gasteiger partial charge in [0.25, 0.3) is 5.91 Å². The highest BCUT2D eigenvalue weighted by atomic mass is 32.2. The van der Waals surface area contributed by atoms with Gasteiger partial charge in [-0.15, -0.1) is 11.3 Å². The van der Waals surface area contributed by atoms with E-state index in [9.17, 15) is 4.79 Å². The number of fused-ring (bicyclic) bond motifs is 1. The number of hydrogen-bond acceptors (Lipinski definition) is 5. The van der Waals surface area contributed by atoms with Gasteiger partial charge in [-0.2, -0.15) is 0 Å². The summed E-state index contributed by atoms with van der Waals surface area (Å²) in [5.41, 5.74) is 1.30. The molecule has 1 atom stereocenters. The van der Waals surface area contributed by atoms with Gasteiger partial charge < -0.3 is 13.9 Å². The quantitative estimate of drug-likeness (QED) is 0.604. The second-order valence-corrected chi connectivity index (χ2v) is 8.29. The van der Waals surface area contributed by atoms with Gasteiger partial charge in [0.1, 0.15) is 5.76 Å². The van der Waals surface area contributed by atoms with Crippen molar-refractivity contribution in [3.8, 4) is 0 Å². The molecular formula is C19H21N3O2S2. The van der Waals surface area contributed by atoms with Gasteiger partial charge in [-0.1, -0.05) is 18.7 Å². The minimum atomic E-state index is -0.0121. The maximum absolute atomic E-state index is 13.0. The molecule has 0 aliphatic carbocycles. The van der Waals surface area contributed by atoms with E-state index < -0.39 is 0 Å². The lowest BCUT2D eigenvalue weighted by molar-refractivity contribution is 0.0623. The van der Waals surface area contributed by atoms with Crippen LogP contribution in [0.1, 0.15) is 46.1 Å². The summed E-state index contributed by atoms with van der Waals surface area (Å²) in [5.74, 6) is 1.87. The third-order valence-corrected chi connectivity index (χ3v) is 6.81. The maximum atomic E-state index is 13.0. The number of aryl methyl sites for hydroxylation is 1. The van der Waals surface area contributed by atoms with Crippen LogP contribution in [0.25, 0.3) is 0 Å². The Balaban J connectivity index is 1.47. The number of nitrogens with zero attached hydrogens (tertiary/aromatic N) is 3. The Morgan fingerprint density at radius 2 is 2.31 bits per heavy atom. The van der Waals surface area contributed by atoms with E-state index in [1.165, 1.54) is 10.4 Å². The van der Waals surface area contributed by atoms with Crippen LogP contribution in [0, 0.1) is 0 Å². The molecule has 0 saturated carbocycles. The second kappa shape index (κ2) is 7.32. The van der Waals surface area contributed by atoms with Gasteiger partial charge in [-0.25, -0.2) is 4.98 Å². The van der Waals surface area contributed by atoms with Gasteiger partial charge in [-0.05, 0) is 42.0 Å². The second-order valence-electron chi connectivity index (χ2n) is 6.35. The molecular weight excluding hydrogens is 366 g/mol. The van der Waals surface area contributed by atoms with Gasteiger partial charge in [-0.3, -0.25) is 4.79 Å². The summed E-state index contributed by atoms with van der Waals surface area (Å²) in [6.45, 7) is 2.89. The molecule has 4 rings (SSSR count). The number of furan rings is 1. The van der Waals surface area contributed by atoms with Gasteiger partial charge >= 0.3 is 0 Å². The number of thioether (sulfide) groups is 1. The Morgan fingerprint density at radius 1 is 1.42 bits per heavy atom. The molecule has 26 heavy (non-hydrogen) atoms. The maximum Gasteiger partial charge on any atom is 0.290 e. The summed E-state index contributed by atoms with van der Waals surface area (Å²) in [4.78, 5) is 20.7. The lowest BCUT2D eigenvalue weighted by Crippen LogP contribution is -2.39. The summed E-state index contributed by atoms with van der Waals surface area (Å²) in [7, 11) is 1.96. The van der Waals surface area contributed by atoms with Crippen LogP contribution < -0.4 is 0 Å². The van der Waals surface area contributed by atoms with E-state index in [0.29, 0.717) is 11.5 Å². The SMILES string of the molecule is CCC1c2ccsc2CCN1C(=O)c1ccc(CSc2nccn2C)o1. The predicted octanol–water partition coefficient (Wildman–Crippen LogP) is 4.52. The molecule has 0 radical (unpaired) electrons. The monoisotopic (exact) mass is 387 g/mol. The van der Waals surface area contributed by atoms with Crippen molar-refractivity contribution < 1.29 is 9.21 Å². The normalized spacial score (nSPS) is 16.7. The van der Waals surface area contributed by atoms with Crippen molar-refractivity contribution >= 4 is 29.0 Å². The van der Waals surface area contributed by atoms with E-state index in [1.54, 1.807) is 35.4 Å². The molecule has 7 heteroatoms. The number of amides is 1. The first kappa shape index (κ1) is 17.4. The number of aromatic nitrogens is 2. The van der Waals surface area contributed by atoms with E-state index in [4.69, 9.17) is 4.42 Å². The molecule has 3 aromatic heterocycles. The fourth-order valence-electron chi connectivity index (χ4n) is 3.42. The van der Waals surface area contributed by atoms with Crippen LogP contribution in [0.4, 0.5) is 0 Å². The third-order valence-electron chi connectivity index (χ3n) is 4.74. The van der Waals surface area contributed by atoms with Crippen LogP contribution in [-0.4, -0.2) is 26.9 Å². The first-order chi connectivity index (χ1) is 12.7. The van der Waals surface area contributed by atoms with Gasteiger partial charge in [0, 0.05) is 30.9 Å². The van der Waals surface area contributed by atoms with Crippen molar-refractivity contribution in [2.75, 3.05) is 6.54 Å². The largest absolute Gasteiger partial charge is 0.455 e. The smallest absolute Gasteiger partial charge is 0.290 e. The molecule has 0 spiro atoms. The van der Waals surface area contributed by atoms with Gasteiger partial charge in [0.2, 0.25) is 0 Å². The lowest BCUT2D eigenvalue weighted by Gasteiger charge is -2.34. The van der Waals surface area contributed by atoms with Crippen molar-refractivity contribution in [1.29, 1.82) is 0 Å². The highest BCUT2D eigenvalue weighted by Crippen LogP contribution is 2.36. The van der Waals surface area contributed by atoms with Gasteiger partial charge in [0.05, 0.1) is 11.8 Å². The molecule has 0 aromatic carbocycles. The summed E-state index contributed by atoms with van der Waals surface area (Å²) in [6, 6.07) is 5.99. The highest BCUT2D eigenvalue weighted by molar-refractivity contribution is 7.98. The molecule has 1 aliphatic rings. The van der Waals surface area contributed by atoms with Crippen LogP contribution in [0.3, 0.4) is 0 Å². The molecule has 0 fully saturated rings. The molecule has 4 heterocycles. The molecule has 3 aromatic rings. The molecule has 1 aliphatic heterocycles. The van der Waals surface area contributed by atoms with E-state index in [1.807, 2.05) is 28.8 Å². The fourth-order valence-corrected chi connectivity index (χ4v) is 5.17. The zero-order valence-corrected chi connectivity index (χ0v) is 16.5. The van der Waals surface area contributed by atoms with E-state index in [-0.39, 0.29) is 11.9 Å². The Morgan fingerprint density at radius 3 is 3.08 bits per heavy atom. The van der Waals surface area contributed by atoms with Crippen molar-refractivity contribution in [3.63, 3.8) is 0 Å². The fraction of sp³-hybridized carbons (Fsp3) is 0.368. The Bertz CT molecular complexity index is 911. The molecule has 0 saturated heterocycles. The molecule has 0 N–H and O–H groups in total. The van der Waals surface area contributed by atoms with E-state index >= 15 is 0 Å². The van der Waals surface area contributed by atoms with Crippen molar-refractivity contribution in [1.82, 2.24) is 14.5 Å². The predicted molar refractivity (Wildman–Crippen MR) is 104 cm³/mol. The first-order valence-electron chi connectivity index (χ1n) is 8.73. The Kier molecular flexibility index (Phi) is 4.91. The third kappa shape index (κ3) is 3.21. The number of carbonyl (C=O) groups is 1. The van der Waals surface area contributed by atoms with Crippen LogP contribution in [0.5, 0.6) is 0 Å². The summed E-state index contributed by atoms with van der Waals surface area (Å²) >= 11 is 3.39. The van der Waals surface area contributed by atoms with E-state index in [0.717, 1.165) is 30.3 Å². The van der Waals surface area contributed by atoms with Crippen LogP contribution >= 0.6 is 23.1 Å². The van der Waals surface area contributed by atoms with Crippen LogP contribution in [0.2, 0.25) is 0 Å². The standard InChI is InChI=1S/C19H21N3O2S2/c1-3-15-14-7-11-25-17(14)6-9-22(15)18(23)16-5-4-13(24-16)12-26-19-20-8-10-21(19)2/h4-5,7-8,10-11,15H,3,6,9,12H2,1-2H3. The lowest BCUT2D eigenvalue weighted by atomic mass is 9.97. The zero-order valence-electron chi connectivity index (χ0n) is 14.8. The number of imidazole rings is 1. The summed E-state index contributed by atoms with van der Waals surface area (Å²) in [6.07, 6.45) is 5.54. The summed E-state index contributed by atoms with van der Waals surface area (Å²) < 4.78 is 7.82. The van der Waals surface area contributed by atoms with Crippen molar-refractivity contribution in [2.45, 2.75) is 36.7 Å². The molecule has 0 bridgehead atoms. The van der Waals surface area contributed by atoms with Crippen molar-refractivity contribution in [2.24, 2.45) is 7.05 Å². The topological polar surface area (TPSA) is 51.3 Å². The zero-order chi connectivity index (χ0) is 18.1. The van der Waals surface area contributed by atoms with Crippen molar-refractivity contribution in [3.05, 3.63) is 57.9 Å².